The van der Waals surface area contributed by atoms with E-state index in [1.807, 2.05) is 64.8 Å². The molecule has 142 valence electrons. The Hall–Kier alpha value is -3.17. The molecule has 3 aromatic rings. The number of benzene rings is 1. The molecule has 0 aliphatic rings. The fraction of sp³-hybridized carbons (Fsp3) is 0.227. The second-order valence-electron chi connectivity index (χ2n) is 6.37. The summed E-state index contributed by atoms with van der Waals surface area (Å²) >= 11 is 1.58. The molecule has 5 nitrogen and oxygen atoms in total. The number of aromatic nitrogens is 2. The van der Waals surface area contributed by atoms with Gasteiger partial charge >= 0.3 is 0 Å². The van der Waals surface area contributed by atoms with Crippen LogP contribution in [0.2, 0.25) is 0 Å². The quantitative estimate of drug-likeness (QED) is 0.350. The summed E-state index contributed by atoms with van der Waals surface area (Å²) < 4.78 is 1.85. The molecule has 0 radical (unpaired) electrons. The Morgan fingerprint density at radius 3 is 2.79 bits per heavy atom. The van der Waals surface area contributed by atoms with Gasteiger partial charge in [0, 0.05) is 18.3 Å². The van der Waals surface area contributed by atoms with Gasteiger partial charge in [-0.3, -0.25) is 9.48 Å². The smallest absolute Gasteiger partial charge is 0.261 e. The van der Waals surface area contributed by atoms with E-state index in [9.17, 15) is 10.1 Å². The fourth-order valence-electron chi connectivity index (χ4n) is 2.78. The van der Waals surface area contributed by atoms with Crippen molar-refractivity contribution in [2.24, 2.45) is 0 Å². The number of hydrogen-bond acceptors (Lipinski definition) is 4. The fourth-order valence-corrected chi connectivity index (χ4v) is 3.51. The number of amides is 1. The van der Waals surface area contributed by atoms with Crippen LogP contribution in [-0.2, 0) is 11.3 Å². The van der Waals surface area contributed by atoms with Gasteiger partial charge in [0.05, 0.1) is 11.4 Å². The van der Waals surface area contributed by atoms with E-state index in [1.165, 1.54) is 0 Å². The number of nitrogens with one attached hydrogen (secondary N) is 1. The predicted molar refractivity (Wildman–Crippen MR) is 113 cm³/mol. The lowest BCUT2D eigenvalue weighted by Gasteiger charge is -2.02. The van der Waals surface area contributed by atoms with Crippen molar-refractivity contribution in [3.8, 4) is 16.6 Å². The van der Waals surface area contributed by atoms with Crippen LogP contribution in [0, 0.1) is 11.3 Å². The number of nitrogens with zero attached hydrogens (tertiary/aromatic N) is 3. The average molecular weight is 391 g/mol. The van der Waals surface area contributed by atoms with Gasteiger partial charge in [0.15, 0.2) is 0 Å². The van der Waals surface area contributed by atoms with Crippen molar-refractivity contribution in [1.29, 1.82) is 5.26 Å². The second-order valence-corrected chi connectivity index (χ2v) is 7.32. The summed E-state index contributed by atoms with van der Waals surface area (Å²) in [5.41, 5.74) is 2.77. The molecule has 1 amide bonds. The maximum Gasteiger partial charge on any atom is 0.261 e. The van der Waals surface area contributed by atoms with Crippen LogP contribution in [0.25, 0.3) is 16.6 Å². The van der Waals surface area contributed by atoms with Crippen LogP contribution in [0.3, 0.4) is 0 Å². The third-order valence-corrected chi connectivity index (χ3v) is 5.09. The second kappa shape index (κ2) is 9.67. The summed E-state index contributed by atoms with van der Waals surface area (Å²) in [5.74, 6) is -0.344. The molecule has 2 aromatic heterocycles. The molecule has 28 heavy (non-hydrogen) atoms. The Kier molecular flexibility index (Phi) is 6.77. The van der Waals surface area contributed by atoms with E-state index in [0.717, 1.165) is 34.5 Å². The lowest BCUT2D eigenvalue weighted by molar-refractivity contribution is -0.117. The van der Waals surface area contributed by atoms with Gasteiger partial charge in [0.2, 0.25) is 0 Å². The minimum atomic E-state index is -0.344. The standard InChI is InChI=1S/C22H22N4OS/c1-2-3-11-24-22(27)18(14-23)13-19-16-26(15-17-8-5-4-6-9-17)25-21(19)20-10-7-12-28-20/h4-10,12-13,16H,2-3,11,15H2,1H3,(H,24,27)/b18-13-. The number of unbranched alkanes of at least 4 members (excludes halogenated alkanes) is 1. The van der Waals surface area contributed by atoms with E-state index in [1.54, 1.807) is 17.4 Å². The Bertz CT molecular complexity index is 981. The minimum Gasteiger partial charge on any atom is -0.351 e. The number of carbonyl (C=O) groups excluding carboxylic acids is 1. The normalized spacial score (nSPS) is 11.2. The average Bonchev–Trinajstić information content (AvgIpc) is 3.36. The van der Waals surface area contributed by atoms with Gasteiger partial charge in [-0.15, -0.1) is 11.3 Å². The molecule has 0 aliphatic heterocycles. The van der Waals surface area contributed by atoms with Crippen LogP contribution in [0.4, 0.5) is 0 Å². The van der Waals surface area contributed by atoms with Gasteiger partial charge in [-0.1, -0.05) is 49.7 Å². The van der Waals surface area contributed by atoms with Crippen molar-refractivity contribution >= 4 is 23.3 Å². The maximum absolute atomic E-state index is 12.3. The topological polar surface area (TPSA) is 70.7 Å². The third kappa shape index (κ3) is 4.96. The molecular formula is C22H22N4OS. The van der Waals surface area contributed by atoms with Crippen LogP contribution < -0.4 is 5.32 Å². The Labute approximate surface area is 168 Å². The zero-order chi connectivity index (χ0) is 19.8. The summed E-state index contributed by atoms with van der Waals surface area (Å²) in [6.45, 7) is 3.25. The van der Waals surface area contributed by atoms with E-state index in [-0.39, 0.29) is 11.5 Å². The van der Waals surface area contributed by atoms with Crippen molar-refractivity contribution in [1.82, 2.24) is 15.1 Å². The maximum atomic E-state index is 12.3. The van der Waals surface area contributed by atoms with Crippen molar-refractivity contribution in [2.45, 2.75) is 26.3 Å². The summed E-state index contributed by atoms with van der Waals surface area (Å²) in [7, 11) is 0. The molecule has 0 bridgehead atoms. The number of thiophene rings is 1. The van der Waals surface area contributed by atoms with Gasteiger partial charge in [-0.25, -0.2) is 0 Å². The molecule has 0 spiro atoms. The third-order valence-electron chi connectivity index (χ3n) is 4.21. The highest BCUT2D eigenvalue weighted by atomic mass is 32.1. The Morgan fingerprint density at radius 2 is 2.11 bits per heavy atom. The van der Waals surface area contributed by atoms with Gasteiger partial charge in [0.1, 0.15) is 17.3 Å². The number of carbonyl (C=O) groups is 1. The molecule has 0 unspecified atom stereocenters. The minimum absolute atomic E-state index is 0.0909. The lowest BCUT2D eigenvalue weighted by atomic mass is 10.1. The van der Waals surface area contributed by atoms with Crippen LogP contribution >= 0.6 is 11.3 Å². The predicted octanol–water partition coefficient (Wildman–Crippen LogP) is 4.48. The molecule has 1 aromatic carbocycles. The molecule has 6 heteroatoms. The number of rotatable bonds is 8. The van der Waals surface area contributed by atoms with Gasteiger partial charge in [0.25, 0.3) is 5.91 Å². The summed E-state index contributed by atoms with van der Waals surface area (Å²) in [5, 5.41) is 19.0. The zero-order valence-electron chi connectivity index (χ0n) is 15.8. The van der Waals surface area contributed by atoms with Crippen molar-refractivity contribution in [3.63, 3.8) is 0 Å². The van der Waals surface area contributed by atoms with E-state index in [0.29, 0.717) is 13.1 Å². The summed E-state index contributed by atoms with van der Waals surface area (Å²) in [6, 6.07) is 16.0. The van der Waals surface area contributed by atoms with Crippen molar-refractivity contribution < 1.29 is 4.79 Å². The molecular weight excluding hydrogens is 368 g/mol. The van der Waals surface area contributed by atoms with Gasteiger partial charge < -0.3 is 5.32 Å². The first kappa shape index (κ1) is 19.6. The first-order valence-electron chi connectivity index (χ1n) is 9.26. The van der Waals surface area contributed by atoms with E-state index >= 15 is 0 Å². The van der Waals surface area contributed by atoms with E-state index in [2.05, 4.69) is 12.2 Å². The molecule has 2 heterocycles. The molecule has 3 rings (SSSR count). The monoisotopic (exact) mass is 390 g/mol. The molecule has 0 saturated heterocycles. The SMILES string of the molecule is CCCCNC(=O)/C(C#N)=C\c1cn(Cc2ccccc2)nc1-c1cccs1. The summed E-state index contributed by atoms with van der Waals surface area (Å²) in [6.07, 6.45) is 5.39. The largest absolute Gasteiger partial charge is 0.351 e. The van der Waals surface area contributed by atoms with Gasteiger partial charge in [-0.2, -0.15) is 10.4 Å². The first-order valence-corrected chi connectivity index (χ1v) is 10.1. The van der Waals surface area contributed by atoms with Crippen molar-refractivity contribution in [3.05, 3.63) is 70.7 Å². The first-order chi connectivity index (χ1) is 13.7. The lowest BCUT2D eigenvalue weighted by Crippen LogP contribution is -2.25. The van der Waals surface area contributed by atoms with Crippen LogP contribution in [0.1, 0.15) is 30.9 Å². The summed E-state index contributed by atoms with van der Waals surface area (Å²) in [4.78, 5) is 13.3. The van der Waals surface area contributed by atoms with Crippen LogP contribution in [-0.4, -0.2) is 22.2 Å². The Morgan fingerprint density at radius 1 is 1.29 bits per heavy atom. The molecule has 1 N–H and O–H groups in total. The number of hydrogen-bond donors (Lipinski definition) is 1. The van der Waals surface area contributed by atoms with E-state index < -0.39 is 0 Å². The molecule has 0 saturated carbocycles. The molecule has 0 fully saturated rings. The highest BCUT2D eigenvalue weighted by molar-refractivity contribution is 7.13. The van der Waals surface area contributed by atoms with Gasteiger partial charge in [-0.05, 0) is 29.5 Å². The van der Waals surface area contributed by atoms with Crippen molar-refractivity contribution in [2.75, 3.05) is 6.54 Å². The van der Waals surface area contributed by atoms with Crippen LogP contribution in [0.15, 0.2) is 59.6 Å². The highest BCUT2D eigenvalue weighted by Gasteiger charge is 2.15. The zero-order valence-corrected chi connectivity index (χ0v) is 16.6. The molecule has 0 aliphatic carbocycles. The Balaban J connectivity index is 1.91. The number of nitriles is 1. The van der Waals surface area contributed by atoms with E-state index in [4.69, 9.17) is 5.10 Å². The molecule has 0 atom stereocenters. The highest BCUT2D eigenvalue weighted by Crippen LogP contribution is 2.28. The van der Waals surface area contributed by atoms with Crippen LogP contribution in [0.5, 0.6) is 0 Å².